The van der Waals surface area contributed by atoms with E-state index in [1.807, 2.05) is 27.4 Å². The number of nitriles is 1. The van der Waals surface area contributed by atoms with Crippen LogP contribution in [-0.4, -0.2) is 21.6 Å². The standard InChI is InChI=1S/C12H10IN3O/c13-16-7-12(5-8(16)6-14)9-3-1-2-4-10(9)15-11(12)17/h1-4,8H,5,7H2,(H,15,17). The summed E-state index contributed by atoms with van der Waals surface area (Å²) in [5.74, 6) is 0.0260. The number of anilines is 1. The minimum atomic E-state index is -0.530. The van der Waals surface area contributed by atoms with Gasteiger partial charge in [0.15, 0.2) is 0 Å². The van der Waals surface area contributed by atoms with Gasteiger partial charge in [-0.1, -0.05) is 18.2 Å². The van der Waals surface area contributed by atoms with Crippen LogP contribution in [0.3, 0.4) is 0 Å². The van der Waals surface area contributed by atoms with Crippen LogP contribution in [0.4, 0.5) is 5.69 Å². The number of nitrogens with zero attached hydrogens (tertiary/aromatic N) is 2. The van der Waals surface area contributed by atoms with E-state index >= 15 is 0 Å². The fourth-order valence-corrected chi connectivity index (χ4v) is 3.61. The fraction of sp³-hybridized carbons (Fsp3) is 0.333. The van der Waals surface area contributed by atoms with E-state index in [4.69, 9.17) is 5.26 Å². The Morgan fingerprint density at radius 3 is 3.00 bits per heavy atom. The average molecular weight is 339 g/mol. The lowest BCUT2D eigenvalue weighted by molar-refractivity contribution is -0.120. The first kappa shape index (κ1) is 11.0. The summed E-state index contributed by atoms with van der Waals surface area (Å²) in [7, 11) is 0. The molecule has 86 valence electrons. The number of nitrogens with one attached hydrogen (secondary N) is 1. The van der Waals surface area contributed by atoms with Crippen molar-refractivity contribution in [2.45, 2.75) is 17.9 Å². The van der Waals surface area contributed by atoms with Crippen LogP contribution in [0.2, 0.25) is 0 Å². The molecule has 1 aromatic rings. The molecule has 0 saturated carbocycles. The van der Waals surface area contributed by atoms with Crippen LogP contribution in [0.25, 0.3) is 0 Å². The summed E-state index contributed by atoms with van der Waals surface area (Å²) in [6, 6.07) is 9.82. The van der Waals surface area contributed by atoms with Gasteiger partial charge in [0.2, 0.25) is 5.91 Å². The maximum atomic E-state index is 12.2. The molecule has 2 aliphatic heterocycles. The number of carbonyl (C=O) groups is 1. The van der Waals surface area contributed by atoms with Gasteiger partial charge in [-0.3, -0.25) is 4.79 Å². The van der Waals surface area contributed by atoms with Crippen molar-refractivity contribution in [3.05, 3.63) is 29.8 Å². The number of rotatable bonds is 0. The van der Waals surface area contributed by atoms with Crippen molar-refractivity contribution >= 4 is 34.5 Å². The lowest BCUT2D eigenvalue weighted by Gasteiger charge is -2.19. The second kappa shape index (κ2) is 3.68. The van der Waals surface area contributed by atoms with Gasteiger partial charge < -0.3 is 5.32 Å². The second-order valence-corrected chi connectivity index (χ2v) is 5.73. The van der Waals surface area contributed by atoms with Crippen LogP contribution >= 0.6 is 22.9 Å². The molecule has 2 unspecified atom stereocenters. The lowest BCUT2D eigenvalue weighted by Crippen LogP contribution is -2.36. The van der Waals surface area contributed by atoms with Crippen molar-refractivity contribution < 1.29 is 4.79 Å². The number of fused-ring (bicyclic) bond motifs is 2. The van der Waals surface area contributed by atoms with E-state index in [0.29, 0.717) is 13.0 Å². The van der Waals surface area contributed by atoms with Crippen LogP contribution in [-0.2, 0) is 10.2 Å². The number of para-hydroxylation sites is 1. The van der Waals surface area contributed by atoms with E-state index in [-0.39, 0.29) is 11.9 Å². The molecule has 5 heteroatoms. The molecule has 2 aliphatic rings. The molecule has 2 atom stereocenters. The zero-order valence-corrected chi connectivity index (χ0v) is 11.1. The fourth-order valence-electron chi connectivity index (χ4n) is 2.70. The topological polar surface area (TPSA) is 56.1 Å². The van der Waals surface area contributed by atoms with Crippen molar-refractivity contribution in [2.24, 2.45) is 0 Å². The van der Waals surface area contributed by atoms with Gasteiger partial charge in [0.05, 0.1) is 11.5 Å². The molecular weight excluding hydrogens is 329 g/mol. The maximum Gasteiger partial charge on any atom is 0.236 e. The van der Waals surface area contributed by atoms with Gasteiger partial charge in [0, 0.05) is 35.1 Å². The Kier molecular flexibility index (Phi) is 2.38. The first-order chi connectivity index (χ1) is 8.17. The Morgan fingerprint density at radius 1 is 1.53 bits per heavy atom. The monoisotopic (exact) mass is 339 g/mol. The Morgan fingerprint density at radius 2 is 2.29 bits per heavy atom. The van der Waals surface area contributed by atoms with E-state index in [1.165, 1.54) is 0 Å². The number of hydrogen-bond acceptors (Lipinski definition) is 3. The van der Waals surface area contributed by atoms with Crippen molar-refractivity contribution in [3.63, 3.8) is 0 Å². The summed E-state index contributed by atoms with van der Waals surface area (Å²) in [6.07, 6.45) is 0.579. The van der Waals surface area contributed by atoms with E-state index in [2.05, 4.69) is 34.3 Å². The smallest absolute Gasteiger partial charge is 0.236 e. The number of benzene rings is 1. The molecule has 1 saturated heterocycles. The quantitative estimate of drug-likeness (QED) is 0.580. The predicted molar refractivity (Wildman–Crippen MR) is 71.5 cm³/mol. The van der Waals surface area contributed by atoms with E-state index in [0.717, 1.165) is 11.3 Å². The van der Waals surface area contributed by atoms with Gasteiger partial charge >= 0.3 is 0 Å². The Balaban J connectivity index is 2.10. The van der Waals surface area contributed by atoms with Gasteiger partial charge in [-0.25, -0.2) is 3.11 Å². The highest BCUT2D eigenvalue weighted by Gasteiger charge is 2.54. The second-order valence-electron chi connectivity index (χ2n) is 4.49. The first-order valence-corrected chi connectivity index (χ1v) is 6.37. The third kappa shape index (κ3) is 1.40. The molecule has 0 bridgehead atoms. The molecular formula is C12H10IN3O. The zero-order chi connectivity index (χ0) is 12.0. The third-order valence-electron chi connectivity index (χ3n) is 3.58. The van der Waals surface area contributed by atoms with Crippen LogP contribution < -0.4 is 5.32 Å². The van der Waals surface area contributed by atoms with Crippen LogP contribution in [0.5, 0.6) is 0 Å². The largest absolute Gasteiger partial charge is 0.325 e. The molecule has 1 spiro atoms. The Labute approximate surface area is 113 Å². The van der Waals surface area contributed by atoms with Crippen LogP contribution in [0.15, 0.2) is 24.3 Å². The lowest BCUT2D eigenvalue weighted by atomic mass is 9.80. The van der Waals surface area contributed by atoms with Gasteiger partial charge in [-0.2, -0.15) is 5.26 Å². The average Bonchev–Trinajstić information content (AvgIpc) is 2.80. The highest BCUT2D eigenvalue weighted by molar-refractivity contribution is 14.1. The summed E-state index contributed by atoms with van der Waals surface area (Å²) in [6.45, 7) is 0.606. The molecule has 0 aromatic heterocycles. The van der Waals surface area contributed by atoms with Crippen LogP contribution in [0, 0.1) is 11.3 Å². The normalized spacial score (nSPS) is 31.3. The Hall–Kier alpha value is -1.13. The summed E-state index contributed by atoms with van der Waals surface area (Å²) >= 11 is 2.13. The van der Waals surface area contributed by atoms with E-state index in [1.54, 1.807) is 0 Å². The summed E-state index contributed by atoms with van der Waals surface area (Å²) in [5, 5.41) is 12.0. The van der Waals surface area contributed by atoms with Crippen molar-refractivity contribution in [2.75, 3.05) is 11.9 Å². The molecule has 0 aliphatic carbocycles. The van der Waals surface area contributed by atoms with Crippen molar-refractivity contribution in [3.8, 4) is 6.07 Å². The molecule has 4 nitrogen and oxygen atoms in total. The van der Waals surface area contributed by atoms with Crippen molar-refractivity contribution in [1.82, 2.24) is 3.11 Å². The molecule has 2 heterocycles. The van der Waals surface area contributed by atoms with Crippen molar-refractivity contribution in [1.29, 1.82) is 5.26 Å². The number of amides is 1. The molecule has 0 radical (unpaired) electrons. The van der Waals surface area contributed by atoms with Gasteiger partial charge in [-0.05, 0) is 18.1 Å². The molecule has 1 amide bonds. The van der Waals surface area contributed by atoms with E-state index < -0.39 is 5.41 Å². The molecule has 1 fully saturated rings. The SMILES string of the molecule is N#CC1CC2(CN1I)C(=O)Nc1ccccc12. The summed E-state index contributed by atoms with van der Waals surface area (Å²) in [4.78, 5) is 12.2. The molecule has 1 aromatic carbocycles. The highest BCUT2D eigenvalue weighted by atomic mass is 127. The van der Waals surface area contributed by atoms with Gasteiger partial charge in [0.25, 0.3) is 0 Å². The maximum absolute atomic E-state index is 12.2. The number of halogens is 1. The minimum absolute atomic E-state index is 0.0260. The molecule has 3 rings (SSSR count). The van der Waals surface area contributed by atoms with E-state index in [9.17, 15) is 4.79 Å². The molecule has 1 N–H and O–H groups in total. The number of hydrogen-bond donors (Lipinski definition) is 1. The predicted octanol–water partition coefficient (Wildman–Crippen LogP) is 1.82. The third-order valence-corrected chi connectivity index (χ3v) is 4.59. The van der Waals surface area contributed by atoms with Crippen LogP contribution in [0.1, 0.15) is 12.0 Å². The summed E-state index contributed by atoms with van der Waals surface area (Å²) in [5.41, 5.74) is 1.39. The molecule has 17 heavy (non-hydrogen) atoms. The number of carbonyl (C=O) groups excluding carboxylic acids is 1. The first-order valence-electron chi connectivity index (χ1n) is 5.40. The van der Waals surface area contributed by atoms with Gasteiger partial charge in [-0.15, -0.1) is 0 Å². The zero-order valence-electron chi connectivity index (χ0n) is 8.98. The summed E-state index contributed by atoms with van der Waals surface area (Å²) < 4.78 is 1.93. The highest BCUT2D eigenvalue weighted by Crippen LogP contribution is 2.46. The van der Waals surface area contributed by atoms with Gasteiger partial charge in [0.1, 0.15) is 6.04 Å². The Bertz CT molecular complexity index is 539. The minimum Gasteiger partial charge on any atom is -0.325 e.